The fourth-order valence-corrected chi connectivity index (χ4v) is 4.62. The molecule has 3 heterocycles. The number of nitrogens with zero attached hydrogens (tertiary/aromatic N) is 3. The van der Waals surface area contributed by atoms with Gasteiger partial charge in [-0.2, -0.15) is 5.10 Å². The molecule has 3 aromatic rings. The Bertz CT molecular complexity index is 1210. The van der Waals surface area contributed by atoms with Crippen LogP contribution in [-0.4, -0.2) is 28.1 Å². The van der Waals surface area contributed by atoms with Crippen LogP contribution in [-0.2, 0) is 15.0 Å². The van der Waals surface area contributed by atoms with E-state index >= 15 is 0 Å². The van der Waals surface area contributed by atoms with Crippen LogP contribution in [0, 0.1) is 6.92 Å². The van der Waals surface area contributed by atoms with E-state index in [-0.39, 0.29) is 18.2 Å². The van der Waals surface area contributed by atoms with Crippen LogP contribution in [0.1, 0.15) is 23.1 Å². The Labute approximate surface area is 178 Å². The van der Waals surface area contributed by atoms with Crippen molar-refractivity contribution < 1.29 is 9.59 Å². The lowest BCUT2D eigenvalue weighted by Crippen LogP contribution is -2.46. The third-order valence-electron chi connectivity index (χ3n) is 5.81. The van der Waals surface area contributed by atoms with Gasteiger partial charge in [0.1, 0.15) is 11.2 Å². The highest BCUT2D eigenvalue weighted by atomic mass is 35.5. The lowest BCUT2D eigenvalue weighted by atomic mass is 9.71. The van der Waals surface area contributed by atoms with Gasteiger partial charge in [0.2, 0.25) is 11.8 Å². The maximum absolute atomic E-state index is 13.8. The first-order chi connectivity index (χ1) is 14.5. The fraction of sp³-hybridized carbons (Fsp3) is 0.174. The van der Waals surface area contributed by atoms with Crippen LogP contribution in [0.5, 0.6) is 0 Å². The van der Waals surface area contributed by atoms with Gasteiger partial charge in [-0.15, -0.1) is 6.58 Å². The number of fused-ring (bicyclic) bond motifs is 4. The summed E-state index contributed by atoms with van der Waals surface area (Å²) in [4.78, 5) is 28.3. The van der Waals surface area contributed by atoms with Gasteiger partial charge in [-0.05, 0) is 42.8 Å². The van der Waals surface area contributed by atoms with Crippen LogP contribution in [0.25, 0.3) is 5.69 Å². The zero-order valence-corrected chi connectivity index (χ0v) is 17.1. The summed E-state index contributed by atoms with van der Waals surface area (Å²) in [6, 6.07) is 13.1. The van der Waals surface area contributed by atoms with Crippen molar-refractivity contribution in [3.05, 3.63) is 83.0 Å². The minimum atomic E-state index is -1.10. The van der Waals surface area contributed by atoms with Crippen molar-refractivity contribution in [2.45, 2.75) is 18.8 Å². The molecule has 2 aliphatic heterocycles. The fourth-order valence-electron chi connectivity index (χ4n) is 4.49. The molecule has 0 unspecified atom stereocenters. The average Bonchev–Trinajstić information content (AvgIpc) is 3.23. The molecule has 1 aromatic heterocycles. The summed E-state index contributed by atoms with van der Waals surface area (Å²) in [7, 11) is 0. The Balaban J connectivity index is 1.76. The number of aryl methyl sites for hydroxylation is 1. The number of rotatable bonds is 3. The van der Waals surface area contributed by atoms with E-state index in [1.54, 1.807) is 34.0 Å². The van der Waals surface area contributed by atoms with E-state index in [1.165, 1.54) is 0 Å². The van der Waals surface area contributed by atoms with Crippen LogP contribution in [0.4, 0.5) is 11.5 Å². The molecule has 2 aromatic carbocycles. The third-order valence-corrected chi connectivity index (χ3v) is 6.06. The Hall–Kier alpha value is -3.38. The van der Waals surface area contributed by atoms with E-state index < -0.39 is 5.41 Å². The number of carbonyl (C=O) groups excluding carboxylic acids is 2. The zero-order valence-electron chi connectivity index (χ0n) is 16.4. The summed E-state index contributed by atoms with van der Waals surface area (Å²) in [6.07, 6.45) is 3.42. The van der Waals surface area contributed by atoms with Gasteiger partial charge in [0, 0.05) is 29.2 Å². The first kappa shape index (κ1) is 18.6. The Morgan fingerprint density at radius 1 is 1.20 bits per heavy atom. The smallest absolute Gasteiger partial charge is 0.243 e. The third kappa shape index (κ3) is 2.47. The second kappa shape index (κ2) is 6.57. The lowest BCUT2D eigenvalue weighted by molar-refractivity contribution is -0.126. The van der Waals surface area contributed by atoms with Gasteiger partial charge >= 0.3 is 0 Å². The molecule has 0 fully saturated rings. The van der Waals surface area contributed by atoms with Crippen LogP contribution in [0.3, 0.4) is 0 Å². The number of hydrogen-bond donors (Lipinski definition) is 1. The number of amides is 2. The second-order valence-corrected chi connectivity index (χ2v) is 8.09. The van der Waals surface area contributed by atoms with Crippen LogP contribution in [0.15, 0.2) is 61.3 Å². The molecule has 1 atom stereocenters. The summed E-state index contributed by atoms with van der Waals surface area (Å²) in [5, 5.41) is 8.05. The van der Waals surface area contributed by atoms with Gasteiger partial charge in [0.15, 0.2) is 0 Å². The van der Waals surface area contributed by atoms with Crippen molar-refractivity contribution in [2.24, 2.45) is 0 Å². The second-order valence-electron chi connectivity index (χ2n) is 7.65. The number of aromatic nitrogens is 2. The summed E-state index contributed by atoms with van der Waals surface area (Å²) in [5.74, 6) is 0.157. The van der Waals surface area contributed by atoms with Gasteiger partial charge in [0.05, 0.1) is 11.9 Å². The monoisotopic (exact) mass is 418 g/mol. The lowest BCUT2D eigenvalue weighted by Gasteiger charge is -2.32. The molecule has 5 rings (SSSR count). The topological polar surface area (TPSA) is 67.2 Å². The average molecular weight is 419 g/mol. The molecule has 0 bridgehead atoms. The molecule has 0 saturated carbocycles. The predicted molar refractivity (Wildman–Crippen MR) is 116 cm³/mol. The minimum absolute atomic E-state index is 0.0369. The number of nitrogens with one attached hydrogen (secondary N) is 1. The van der Waals surface area contributed by atoms with E-state index in [4.69, 9.17) is 11.6 Å². The highest BCUT2D eigenvalue weighted by molar-refractivity contribution is 6.30. The summed E-state index contributed by atoms with van der Waals surface area (Å²) in [5.41, 5.74) is 3.01. The molecular formula is C23H19ClN4O2. The molecule has 2 aliphatic rings. The Morgan fingerprint density at radius 3 is 2.70 bits per heavy atom. The summed E-state index contributed by atoms with van der Waals surface area (Å²) >= 11 is 6.02. The number of carbonyl (C=O) groups is 2. The largest absolute Gasteiger partial charge is 0.310 e. The normalized spacial score (nSPS) is 19.6. The summed E-state index contributed by atoms with van der Waals surface area (Å²) < 4.78 is 1.64. The molecule has 0 aliphatic carbocycles. The molecular weight excluding hydrogens is 400 g/mol. The molecule has 30 heavy (non-hydrogen) atoms. The molecule has 150 valence electrons. The van der Waals surface area contributed by atoms with Crippen molar-refractivity contribution in [2.75, 3.05) is 16.8 Å². The SMILES string of the molecule is C=CCN1C(=O)[C@]2(CC(=O)Nc3c2cnn3-c2ccc(Cl)cc2)c2cc(C)ccc21. The van der Waals surface area contributed by atoms with Crippen molar-refractivity contribution in [3.63, 3.8) is 0 Å². The van der Waals surface area contributed by atoms with Gasteiger partial charge in [-0.25, -0.2) is 4.68 Å². The molecule has 1 N–H and O–H groups in total. The first-order valence-electron chi connectivity index (χ1n) is 9.64. The van der Waals surface area contributed by atoms with Gasteiger partial charge in [-0.1, -0.05) is 35.4 Å². The maximum Gasteiger partial charge on any atom is 0.243 e. The Kier molecular flexibility index (Phi) is 4.08. The van der Waals surface area contributed by atoms with E-state index in [0.717, 1.165) is 22.5 Å². The van der Waals surface area contributed by atoms with E-state index in [2.05, 4.69) is 17.0 Å². The minimum Gasteiger partial charge on any atom is -0.310 e. The first-order valence-corrected chi connectivity index (χ1v) is 10.0. The van der Waals surface area contributed by atoms with E-state index in [9.17, 15) is 9.59 Å². The van der Waals surface area contributed by atoms with Gasteiger partial charge in [-0.3, -0.25) is 9.59 Å². The van der Waals surface area contributed by atoms with Crippen molar-refractivity contribution >= 4 is 34.9 Å². The van der Waals surface area contributed by atoms with E-state index in [0.29, 0.717) is 22.9 Å². The summed E-state index contributed by atoms with van der Waals surface area (Å²) in [6.45, 7) is 6.15. The number of benzene rings is 2. The van der Waals surface area contributed by atoms with Crippen LogP contribution < -0.4 is 10.2 Å². The molecule has 0 radical (unpaired) electrons. The van der Waals surface area contributed by atoms with Crippen molar-refractivity contribution in [1.82, 2.24) is 9.78 Å². The van der Waals surface area contributed by atoms with Crippen LogP contribution >= 0.6 is 11.6 Å². The quantitative estimate of drug-likeness (QED) is 0.654. The predicted octanol–water partition coefficient (Wildman–Crippen LogP) is 4.00. The standard InChI is InChI=1S/C23H19ClN4O2/c1-3-10-27-19-9-4-14(2)11-17(19)23(22(27)30)12-20(29)26-21-18(23)13-25-28(21)16-7-5-15(24)6-8-16/h3-9,11,13H,1,10,12H2,2H3,(H,26,29)/t23-/m1/s1. The number of hydrogen-bond acceptors (Lipinski definition) is 3. The van der Waals surface area contributed by atoms with Crippen molar-refractivity contribution in [3.8, 4) is 5.69 Å². The molecule has 2 amide bonds. The van der Waals surface area contributed by atoms with Gasteiger partial charge < -0.3 is 10.2 Å². The highest BCUT2D eigenvalue weighted by Gasteiger charge is 2.57. The zero-order chi connectivity index (χ0) is 21.0. The number of halogens is 1. The molecule has 0 saturated heterocycles. The van der Waals surface area contributed by atoms with Gasteiger partial charge in [0.25, 0.3) is 0 Å². The molecule has 6 nitrogen and oxygen atoms in total. The van der Waals surface area contributed by atoms with E-state index in [1.807, 2.05) is 37.3 Å². The molecule has 7 heteroatoms. The van der Waals surface area contributed by atoms with Crippen LogP contribution in [0.2, 0.25) is 5.02 Å². The highest BCUT2D eigenvalue weighted by Crippen LogP contribution is 2.52. The Morgan fingerprint density at radius 2 is 1.97 bits per heavy atom. The maximum atomic E-state index is 13.8. The van der Waals surface area contributed by atoms with Crippen molar-refractivity contribution in [1.29, 1.82) is 0 Å². The number of anilines is 2. The molecule has 1 spiro atoms.